The first-order valence-electron chi connectivity index (χ1n) is 7.56. The summed E-state index contributed by atoms with van der Waals surface area (Å²) in [7, 11) is 3.42. The van der Waals surface area contributed by atoms with E-state index in [1.807, 2.05) is 12.1 Å². The van der Waals surface area contributed by atoms with Gasteiger partial charge in [-0.2, -0.15) is 0 Å². The van der Waals surface area contributed by atoms with Crippen LogP contribution in [0.2, 0.25) is 0 Å². The lowest BCUT2D eigenvalue weighted by molar-refractivity contribution is 0.370. The van der Waals surface area contributed by atoms with Crippen molar-refractivity contribution < 1.29 is 9.47 Å². The van der Waals surface area contributed by atoms with Crippen LogP contribution in [0.3, 0.4) is 0 Å². The van der Waals surface area contributed by atoms with Crippen LogP contribution < -0.4 is 14.8 Å². The summed E-state index contributed by atoms with van der Waals surface area (Å²) in [5.41, 5.74) is 1.22. The van der Waals surface area contributed by atoms with Gasteiger partial charge in [-0.05, 0) is 55.5 Å². The van der Waals surface area contributed by atoms with E-state index in [1.165, 1.54) is 12.0 Å². The largest absolute Gasteiger partial charge is 0.497 e. The molecule has 1 N–H and O–H groups in total. The third-order valence-corrected chi connectivity index (χ3v) is 3.67. The van der Waals surface area contributed by atoms with Gasteiger partial charge in [-0.1, -0.05) is 20.8 Å². The summed E-state index contributed by atoms with van der Waals surface area (Å²) in [5, 5.41) is 3.63. The third-order valence-electron chi connectivity index (χ3n) is 3.67. The van der Waals surface area contributed by atoms with Crippen LogP contribution in [0.1, 0.15) is 39.2 Å². The fourth-order valence-corrected chi connectivity index (χ4v) is 2.39. The van der Waals surface area contributed by atoms with Crippen molar-refractivity contribution in [1.82, 2.24) is 5.32 Å². The molecule has 3 nitrogen and oxygen atoms in total. The van der Waals surface area contributed by atoms with Gasteiger partial charge in [0, 0.05) is 6.04 Å². The van der Waals surface area contributed by atoms with Crippen molar-refractivity contribution in [3.8, 4) is 11.5 Å². The molecule has 1 atom stereocenters. The standard InChI is InChI=1S/C17H29NO2/c1-6-11-18-16(13(2)3)9-7-14-12-15(19-4)8-10-17(14)20-5/h8,10,12-13,16,18H,6-7,9,11H2,1-5H3. The minimum Gasteiger partial charge on any atom is -0.497 e. The number of ether oxygens (including phenoxy) is 2. The maximum Gasteiger partial charge on any atom is 0.122 e. The molecular weight excluding hydrogens is 250 g/mol. The molecule has 0 saturated heterocycles. The lowest BCUT2D eigenvalue weighted by Gasteiger charge is -2.23. The van der Waals surface area contributed by atoms with Crippen LogP contribution in [-0.4, -0.2) is 26.8 Å². The molecule has 114 valence electrons. The Morgan fingerprint density at radius 1 is 1.15 bits per heavy atom. The Bertz CT molecular complexity index is 391. The smallest absolute Gasteiger partial charge is 0.122 e. The van der Waals surface area contributed by atoms with Crippen LogP contribution in [0.25, 0.3) is 0 Å². The van der Waals surface area contributed by atoms with E-state index >= 15 is 0 Å². The van der Waals surface area contributed by atoms with Crippen molar-refractivity contribution in [1.29, 1.82) is 0 Å². The summed E-state index contributed by atoms with van der Waals surface area (Å²) in [6.45, 7) is 7.83. The van der Waals surface area contributed by atoms with E-state index in [-0.39, 0.29) is 0 Å². The molecule has 0 amide bonds. The highest BCUT2D eigenvalue weighted by Gasteiger charge is 2.14. The average molecular weight is 279 g/mol. The monoisotopic (exact) mass is 279 g/mol. The van der Waals surface area contributed by atoms with Crippen LogP contribution in [0.15, 0.2) is 18.2 Å². The Morgan fingerprint density at radius 2 is 1.90 bits per heavy atom. The van der Waals surface area contributed by atoms with Crippen molar-refractivity contribution in [3.63, 3.8) is 0 Å². The number of hydrogen-bond donors (Lipinski definition) is 1. The normalized spacial score (nSPS) is 12.5. The lowest BCUT2D eigenvalue weighted by atomic mass is 9.96. The molecule has 0 aliphatic heterocycles. The number of rotatable bonds is 9. The second-order valence-corrected chi connectivity index (χ2v) is 5.52. The zero-order valence-corrected chi connectivity index (χ0v) is 13.5. The van der Waals surface area contributed by atoms with E-state index in [4.69, 9.17) is 9.47 Å². The Hall–Kier alpha value is -1.22. The fourth-order valence-electron chi connectivity index (χ4n) is 2.39. The van der Waals surface area contributed by atoms with Gasteiger partial charge in [0.15, 0.2) is 0 Å². The van der Waals surface area contributed by atoms with Gasteiger partial charge in [-0.3, -0.25) is 0 Å². The zero-order valence-electron chi connectivity index (χ0n) is 13.5. The summed E-state index contributed by atoms with van der Waals surface area (Å²) in [5.74, 6) is 2.48. The van der Waals surface area contributed by atoms with Crippen molar-refractivity contribution >= 4 is 0 Å². The Balaban J connectivity index is 2.70. The summed E-state index contributed by atoms with van der Waals surface area (Å²) >= 11 is 0. The molecule has 0 aliphatic rings. The highest BCUT2D eigenvalue weighted by atomic mass is 16.5. The van der Waals surface area contributed by atoms with Gasteiger partial charge in [-0.15, -0.1) is 0 Å². The van der Waals surface area contributed by atoms with Crippen molar-refractivity contribution in [2.24, 2.45) is 5.92 Å². The molecule has 0 heterocycles. The molecule has 1 aromatic carbocycles. The molecule has 0 aromatic heterocycles. The molecule has 0 saturated carbocycles. The molecule has 0 bridgehead atoms. The number of hydrogen-bond acceptors (Lipinski definition) is 3. The minimum absolute atomic E-state index is 0.547. The number of methoxy groups -OCH3 is 2. The van der Waals surface area contributed by atoms with E-state index in [0.717, 1.165) is 30.9 Å². The quantitative estimate of drug-likeness (QED) is 0.748. The molecule has 20 heavy (non-hydrogen) atoms. The molecule has 1 unspecified atom stereocenters. The fraction of sp³-hybridized carbons (Fsp3) is 0.647. The first kappa shape index (κ1) is 16.8. The van der Waals surface area contributed by atoms with Gasteiger partial charge in [0.25, 0.3) is 0 Å². The van der Waals surface area contributed by atoms with E-state index < -0.39 is 0 Å². The lowest BCUT2D eigenvalue weighted by Crippen LogP contribution is -2.34. The Labute approximate surface area is 123 Å². The first-order valence-corrected chi connectivity index (χ1v) is 7.56. The molecule has 0 radical (unpaired) electrons. The molecule has 1 aromatic rings. The highest BCUT2D eigenvalue weighted by molar-refractivity contribution is 5.40. The van der Waals surface area contributed by atoms with Gasteiger partial charge >= 0.3 is 0 Å². The Morgan fingerprint density at radius 3 is 2.45 bits per heavy atom. The maximum atomic E-state index is 5.44. The summed E-state index contributed by atoms with van der Waals surface area (Å²) < 4.78 is 10.7. The van der Waals surface area contributed by atoms with Crippen LogP contribution >= 0.6 is 0 Å². The summed E-state index contributed by atoms with van der Waals surface area (Å²) in [6.07, 6.45) is 3.28. The molecular formula is C17H29NO2. The van der Waals surface area contributed by atoms with Gasteiger partial charge < -0.3 is 14.8 Å². The predicted molar refractivity (Wildman–Crippen MR) is 84.8 cm³/mol. The molecule has 0 spiro atoms. The number of aryl methyl sites for hydroxylation is 1. The number of nitrogens with one attached hydrogen (secondary N) is 1. The van der Waals surface area contributed by atoms with E-state index in [2.05, 4.69) is 32.2 Å². The molecule has 0 fully saturated rings. The SMILES string of the molecule is CCCNC(CCc1cc(OC)ccc1OC)C(C)C. The van der Waals surface area contributed by atoms with Crippen LogP contribution in [0.5, 0.6) is 11.5 Å². The second kappa shape index (κ2) is 8.85. The number of benzene rings is 1. The molecule has 0 aliphatic carbocycles. The van der Waals surface area contributed by atoms with Gasteiger partial charge in [0.2, 0.25) is 0 Å². The topological polar surface area (TPSA) is 30.5 Å². The zero-order chi connectivity index (χ0) is 15.0. The average Bonchev–Trinajstić information content (AvgIpc) is 2.46. The second-order valence-electron chi connectivity index (χ2n) is 5.52. The summed E-state index contributed by atoms with van der Waals surface area (Å²) in [6, 6.07) is 6.55. The van der Waals surface area contributed by atoms with E-state index in [0.29, 0.717) is 12.0 Å². The van der Waals surface area contributed by atoms with E-state index in [9.17, 15) is 0 Å². The summed E-state index contributed by atoms with van der Waals surface area (Å²) in [4.78, 5) is 0. The molecule has 3 heteroatoms. The van der Waals surface area contributed by atoms with Crippen LogP contribution in [0, 0.1) is 5.92 Å². The van der Waals surface area contributed by atoms with Crippen molar-refractivity contribution in [2.45, 2.75) is 46.1 Å². The van der Waals surface area contributed by atoms with Crippen LogP contribution in [0.4, 0.5) is 0 Å². The predicted octanol–water partition coefficient (Wildman–Crippen LogP) is 3.66. The van der Waals surface area contributed by atoms with Crippen LogP contribution in [-0.2, 0) is 6.42 Å². The van der Waals surface area contributed by atoms with E-state index in [1.54, 1.807) is 14.2 Å². The van der Waals surface area contributed by atoms with Gasteiger partial charge in [0.05, 0.1) is 14.2 Å². The third kappa shape index (κ3) is 5.04. The van der Waals surface area contributed by atoms with Gasteiger partial charge in [-0.25, -0.2) is 0 Å². The van der Waals surface area contributed by atoms with Crippen molar-refractivity contribution in [3.05, 3.63) is 23.8 Å². The maximum absolute atomic E-state index is 5.44. The first-order chi connectivity index (χ1) is 9.62. The minimum atomic E-state index is 0.547. The molecule has 1 rings (SSSR count). The highest BCUT2D eigenvalue weighted by Crippen LogP contribution is 2.26. The van der Waals surface area contributed by atoms with Gasteiger partial charge in [0.1, 0.15) is 11.5 Å². The van der Waals surface area contributed by atoms with Crippen molar-refractivity contribution in [2.75, 3.05) is 20.8 Å². The Kier molecular flexibility index (Phi) is 7.45.